The second-order valence-corrected chi connectivity index (χ2v) is 6.41. The van der Waals surface area contributed by atoms with Gasteiger partial charge in [-0.1, -0.05) is 6.92 Å². The van der Waals surface area contributed by atoms with Crippen LogP contribution in [0.3, 0.4) is 0 Å². The first-order valence-corrected chi connectivity index (χ1v) is 7.72. The van der Waals surface area contributed by atoms with E-state index in [9.17, 15) is 4.79 Å². The van der Waals surface area contributed by atoms with Gasteiger partial charge >= 0.3 is 0 Å². The fourth-order valence-electron chi connectivity index (χ4n) is 3.05. The summed E-state index contributed by atoms with van der Waals surface area (Å²) in [7, 11) is 0. The second kappa shape index (κ2) is 5.01. The number of hydrogen-bond donors (Lipinski definition) is 1. The van der Waals surface area contributed by atoms with Gasteiger partial charge in [0.2, 0.25) is 0 Å². The SMILES string of the molecule is Cc1cn[nH]c1C1(C)CCCN(C(=O)c2cscn2)C1. The van der Waals surface area contributed by atoms with Crippen LogP contribution in [-0.4, -0.2) is 39.1 Å². The molecule has 0 aliphatic carbocycles. The summed E-state index contributed by atoms with van der Waals surface area (Å²) in [5, 5.41) is 9.05. The number of aromatic amines is 1. The molecule has 1 fully saturated rings. The summed E-state index contributed by atoms with van der Waals surface area (Å²) in [6.45, 7) is 5.78. The largest absolute Gasteiger partial charge is 0.336 e. The van der Waals surface area contributed by atoms with Gasteiger partial charge in [0.05, 0.1) is 11.7 Å². The van der Waals surface area contributed by atoms with E-state index in [0.717, 1.165) is 30.6 Å². The standard InChI is InChI=1S/C14H18N4OS/c1-10-6-16-17-12(10)14(2)4-3-5-18(8-14)13(19)11-7-20-9-15-11/h6-7,9H,3-5,8H2,1-2H3,(H,16,17). The molecule has 2 aromatic heterocycles. The van der Waals surface area contributed by atoms with Crippen molar-refractivity contribution in [1.82, 2.24) is 20.1 Å². The zero-order valence-corrected chi connectivity index (χ0v) is 12.5. The minimum absolute atomic E-state index is 0.0364. The Morgan fingerprint density at radius 3 is 3.05 bits per heavy atom. The number of aryl methyl sites for hydroxylation is 1. The zero-order chi connectivity index (χ0) is 14.2. The maximum atomic E-state index is 12.4. The van der Waals surface area contributed by atoms with Crippen molar-refractivity contribution in [3.63, 3.8) is 0 Å². The molecule has 3 rings (SSSR count). The molecule has 5 nitrogen and oxygen atoms in total. The number of piperidine rings is 1. The van der Waals surface area contributed by atoms with Crippen LogP contribution in [0.1, 0.15) is 41.5 Å². The minimum atomic E-state index is -0.0511. The summed E-state index contributed by atoms with van der Waals surface area (Å²) >= 11 is 1.46. The van der Waals surface area contributed by atoms with Crippen LogP contribution in [0.2, 0.25) is 0 Å². The number of hydrogen-bond acceptors (Lipinski definition) is 4. The van der Waals surface area contributed by atoms with Crippen LogP contribution < -0.4 is 0 Å². The van der Waals surface area contributed by atoms with Gasteiger partial charge in [0.15, 0.2) is 0 Å². The van der Waals surface area contributed by atoms with Crippen molar-refractivity contribution < 1.29 is 4.79 Å². The third-order valence-electron chi connectivity index (χ3n) is 4.07. The van der Waals surface area contributed by atoms with Gasteiger partial charge in [0.1, 0.15) is 5.69 Å². The molecule has 1 unspecified atom stereocenters. The molecule has 1 atom stereocenters. The van der Waals surface area contributed by atoms with Gasteiger partial charge < -0.3 is 4.90 Å². The number of carbonyl (C=O) groups excluding carboxylic acids is 1. The van der Waals surface area contributed by atoms with Crippen molar-refractivity contribution in [3.05, 3.63) is 34.0 Å². The molecule has 3 heterocycles. The quantitative estimate of drug-likeness (QED) is 0.923. The van der Waals surface area contributed by atoms with Crippen LogP contribution in [0.5, 0.6) is 0 Å². The highest BCUT2D eigenvalue weighted by molar-refractivity contribution is 7.07. The molecule has 20 heavy (non-hydrogen) atoms. The van der Waals surface area contributed by atoms with E-state index in [1.165, 1.54) is 11.3 Å². The number of nitrogens with one attached hydrogen (secondary N) is 1. The molecular formula is C14H18N4OS. The van der Waals surface area contributed by atoms with Gasteiger partial charge in [-0.25, -0.2) is 4.98 Å². The lowest BCUT2D eigenvalue weighted by molar-refractivity contribution is 0.0642. The topological polar surface area (TPSA) is 61.9 Å². The van der Waals surface area contributed by atoms with E-state index in [-0.39, 0.29) is 11.3 Å². The number of aromatic nitrogens is 3. The lowest BCUT2D eigenvalue weighted by Gasteiger charge is -2.40. The molecule has 0 saturated carbocycles. The number of likely N-dealkylation sites (tertiary alicyclic amines) is 1. The number of thiazole rings is 1. The highest BCUT2D eigenvalue weighted by Crippen LogP contribution is 2.34. The van der Waals surface area contributed by atoms with E-state index in [4.69, 9.17) is 0 Å². The summed E-state index contributed by atoms with van der Waals surface area (Å²) < 4.78 is 0. The Morgan fingerprint density at radius 2 is 2.40 bits per heavy atom. The summed E-state index contributed by atoms with van der Waals surface area (Å²) in [6, 6.07) is 0. The molecular weight excluding hydrogens is 272 g/mol. The van der Waals surface area contributed by atoms with Gasteiger partial charge in [-0.3, -0.25) is 9.89 Å². The van der Waals surface area contributed by atoms with Crippen molar-refractivity contribution >= 4 is 17.2 Å². The molecule has 0 aromatic carbocycles. The van der Waals surface area contributed by atoms with E-state index in [1.807, 2.05) is 16.5 Å². The monoisotopic (exact) mass is 290 g/mol. The highest BCUT2D eigenvalue weighted by Gasteiger charge is 2.37. The first-order valence-electron chi connectivity index (χ1n) is 6.78. The van der Waals surface area contributed by atoms with Crippen LogP contribution in [0, 0.1) is 6.92 Å². The van der Waals surface area contributed by atoms with Crippen molar-refractivity contribution in [2.45, 2.75) is 32.1 Å². The fourth-order valence-corrected chi connectivity index (χ4v) is 3.58. The normalized spacial score (nSPS) is 23.0. The predicted octanol–water partition coefficient (Wildman–Crippen LogP) is 2.37. The molecule has 6 heteroatoms. The fraction of sp³-hybridized carbons (Fsp3) is 0.500. The summed E-state index contributed by atoms with van der Waals surface area (Å²) in [5.41, 5.74) is 4.52. The van der Waals surface area contributed by atoms with E-state index in [1.54, 1.807) is 5.51 Å². The molecule has 0 bridgehead atoms. The maximum Gasteiger partial charge on any atom is 0.273 e. The Bertz CT molecular complexity index is 606. The molecule has 2 aromatic rings. The molecule has 1 aliphatic rings. The Hall–Kier alpha value is -1.69. The summed E-state index contributed by atoms with van der Waals surface area (Å²) in [6.07, 6.45) is 3.92. The number of H-pyrrole nitrogens is 1. The Morgan fingerprint density at radius 1 is 1.55 bits per heavy atom. The van der Waals surface area contributed by atoms with Gasteiger partial charge in [-0.05, 0) is 25.3 Å². The number of nitrogens with zero attached hydrogens (tertiary/aromatic N) is 3. The second-order valence-electron chi connectivity index (χ2n) is 5.69. The Kier molecular flexibility index (Phi) is 3.33. The first-order chi connectivity index (χ1) is 9.60. The third kappa shape index (κ3) is 2.24. The van der Waals surface area contributed by atoms with E-state index in [0.29, 0.717) is 12.2 Å². The van der Waals surface area contributed by atoms with Crippen LogP contribution in [0.25, 0.3) is 0 Å². The Balaban J connectivity index is 1.83. The van der Waals surface area contributed by atoms with Crippen molar-refractivity contribution in [2.24, 2.45) is 0 Å². The predicted molar refractivity (Wildman–Crippen MR) is 77.9 cm³/mol. The number of rotatable bonds is 2. The minimum Gasteiger partial charge on any atom is -0.336 e. The lowest BCUT2D eigenvalue weighted by Crippen LogP contribution is -2.47. The van der Waals surface area contributed by atoms with E-state index in [2.05, 4.69) is 29.0 Å². The highest BCUT2D eigenvalue weighted by atomic mass is 32.1. The number of amides is 1. The summed E-state index contributed by atoms with van der Waals surface area (Å²) in [5.74, 6) is 0.0364. The van der Waals surface area contributed by atoms with Gasteiger partial charge in [0.25, 0.3) is 5.91 Å². The van der Waals surface area contributed by atoms with Crippen LogP contribution in [0.15, 0.2) is 17.1 Å². The van der Waals surface area contributed by atoms with Gasteiger partial charge in [-0.15, -0.1) is 11.3 Å². The zero-order valence-electron chi connectivity index (χ0n) is 11.7. The molecule has 1 N–H and O–H groups in total. The van der Waals surface area contributed by atoms with Crippen molar-refractivity contribution in [1.29, 1.82) is 0 Å². The van der Waals surface area contributed by atoms with Gasteiger partial charge in [0, 0.05) is 29.6 Å². The van der Waals surface area contributed by atoms with E-state index < -0.39 is 0 Å². The molecule has 1 aliphatic heterocycles. The molecule has 0 spiro atoms. The summed E-state index contributed by atoms with van der Waals surface area (Å²) in [4.78, 5) is 18.5. The lowest BCUT2D eigenvalue weighted by atomic mass is 9.77. The molecule has 1 amide bonds. The molecule has 0 radical (unpaired) electrons. The number of carbonyl (C=O) groups is 1. The molecule has 106 valence electrons. The molecule has 1 saturated heterocycles. The third-order valence-corrected chi connectivity index (χ3v) is 4.65. The van der Waals surface area contributed by atoms with Crippen LogP contribution >= 0.6 is 11.3 Å². The van der Waals surface area contributed by atoms with E-state index >= 15 is 0 Å². The Labute approximate surface area is 122 Å². The smallest absolute Gasteiger partial charge is 0.273 e. The van der Waals surface area contributed by atoms with Crippen LogP contribution in [-0.2, 0) is 5.41 Å². The first kappa shape index (κ1) is 13.3. The van der Waals surface area contributed by atoms with Crippen LogP contribution in [0.4, 0.5) is 0 Å². The average Bonchev–Trinajstić information content (AvgIpc) is 3.09. The van der Waals surface area contributed by atoms with Crippen molar-refractivity contribution in [3.8, 4) is 0 Å². The van der Waals surface area contributed by atoms with Gasteiger partial charge in [-0.2, -0.15) is 5.10 Å². The maximum absolute atomic E-state index is 12.4. The average molecular weight is 290 g/mol. The van der Waals surface area contributed by atoms with Crippen molar-refractivity contribution in [2.75, 3.05) is 13.1 Å².